The predicted octanol–water partition coefficient (Wildman–Crippen LogP) is 2.44. The molecule has 0 radical (unpaired) electrons. The number of alkyl halides is 2. The van der Waals surface area contributed by atoms with Crippen LogP contribution in [0.4, 0.5) is 8.78 Å². The van der Waals surface area contributed by atoms with Crippen LogP contribution in [0.2, 0.25) is 0 Å². The highest BCUT2D eigenvalue weighted by Gasteiger charge is 2.66. The van der Waals surface area contributed by atoms with Gasteiger partial charge in [-0.3, -0.25) is 0 Å². The monoisotopic (exact) mass is 120 g/mol. The Morgan fingerprint density at radius 2 is 1.88 bits per heavy atom. The van der Waals surface area contributed by atoms with Crippen LogP contribution in [0.25, 0.3) is 0 Å². The van der Waals surface area contributed by atoms with E-state index in [1.807, 2.05) is 0 Å². The number of hydrogen-bond donors (Lipinski definition) is 0. The Labute approximate surface area is 47.9 Å². The van der Waals surface area contributed by atoms with Gasteiger partial charge in [-0.05, 0) is 6.42 Å². The molecule has 0 amide bonds. The fraction of sp³-hybridized carbons (Fsp3) is 1.00. The molecule has 0 aromatic heterocycles. The zero-order valence-electron chi connectivity index (χ0n) is 5.17. The third-order valence-electron chi connectivity index (χ3n) is 2.15. The molecular weight excluding hydrogens is 110 g/mol. The lowest BCUT2D eigenvalue weighted by molar-refractivity contribution is 0.0687. The second-order valence-electron chi connectivity index (χ2n) is 2.80. The smallest absolute Gasteiger partial charge is 0.206 e. The SMILES string of the molecule is CC[C@@]1(C)CC1(F)F. The van der Waals surface area contributed by atoms with Crippen LogP contribution in [-0.4, -0.2) is 5.92 Å². The van der Waals surface area contributed by atoms with E-state index in [0.717, 1.165) is 0 Å². The summed E-state index contributed by atoms with van der Waals surface area (Å²) in [6, 6.07) is 0. The Morgan fingerprint density at radius 1 is 1.50 bits per heavy atom. The van der Waals surface area contributed by atoms with Gasteiger partial charge in [-0.1, -0.05) is 13.8 Å². The lowest BCUT2D eigenvalue weighted by atomic mass is 10.1. The quantitative estimate of drug-likeness (QED) is 0.498. The summed E-state index contributed by atoms with van der Waals surface area (Å²) in [5.74, 6) is -2.35. The van der Waals surface area contributed by atoms with Crippen molar-refractivity contribution in [1.82, 2.24) is 0 Å². The molecule has 8 heavy (non-hydrogen) atoms. The van der Waals surface area contributed by atoms with Crippen molar-refractivity contribution in [1.29, 1.82) is 0 Å². The molecule has 0 unspecified atom stereocenters. The third-order valence-corrected chi connectivity index (χ3v) is 2.15. The fourth-order valence-electron chi connectivity index (χ4n) is 0.829. The molecule has 0 N–H and O–H groups in total. The number of hydrogen-bond acceptors (Lipinski definition) is 0. The van der Waals surface area contributed by atoms with Gasteiger partial charge < -0.3 is 0 Å². The first-order valence-electron chi connectivity index (χ1n) is 2.90. The van der Waals surface area contributed by atoms with Gasteiger partial charge in [0.2, 0.25) is 0 Å². The maximum Gasteiger partial charge on any atom is 0.254 e. The molecule has 0 saturated heterocycles. The Bertz CT molecular complexity index is 109. The van der Waals surface area contributed by atoms with Crippen molar-refractivity contribution >= 4 is 0 Å². The maximum atomic E-state index is 12.2. The lowest BCUT2D eigenvalue weighted by Gasteiger charge is -2.02. The molecule has 1 rings (SSSR count). The van der Waals surface area contributed by atoms with E-state index in [9.17, 15) is 8.78 Å². The van der Waals surface area contributed by atoms with E-state index in [2.05, 4.69) is 0 Å². The summed E-state index contributed by atoms with van der Waals surface area (Å²) in [7, 11) is 0. The van der Waals surface area contributed by atoms with Crippen LogP contribution in [0.5, 0.6) is 0 Å². The van der Waals surface area contributed by atoms with Crippen molar-refractivity contribution in [3.63, 3.8) is 0 Å². The Hall–Kier alpha value is -0.140. The molecule has 0 bridgehead atoms. The lowest BCUT2D eigenvalue weighted by Crippen LogP contribution is -2.03. The van der Waals surface area contributed by atoms with Gasteiger partial charge in [-0.25, -0.2) is 8.78 Å². The average molecular weight is 120 g/mol. The first-order chi connectivity index (χ1) is 3.52. The maximum absolute atomic E-state index is 12.2. The van der Waals surface area contributed by atoms with Gasteiger partial charge in [0.1, 0.15) is 0 Å². The molecule has 0 spiro atoms. The van der Waals surface area contributed by atoms with Gasteiger partial charge in [-0.2, -0.15) is 0 Å². The van der Waals surface area contributed by atoms with Gasteiger partial charge in [0.25, 0.3) is 5.92 Å². The molecule has 1 atom stereocenters. The topological polar surface area (TPSA) is 0 Å². The summed E-state index contributed by atoms with van der Waals surface area (Å²) < 4.78 is 24.4. The molecular formula is C6H10F2. The van der Waals surface area contributed by atoms with Crippen LogP contribution in [0.15, 0.2) is 0 Å². The second kappa shape index (κ2) is 1.23. The highest BCUT2D eigenvalue weighted by atomic mass is 19.3. The Kier molecular flexibility index (Phi) is 0.918. The van der Waals surface area contributed by atoms with E-state index >= 15 is 0 Å². The molecule has 2 heteroatoms. The normalized spacial score (nSPS) is 42.0. The van der Waals surface area contributed by atoms with E-state index in [1.165, 1.54) is 0 Å². The van der Waals surface area contributed by atoms with Crippen LogP contribution in [0.1, 0.15) is 26.7 Å². The van der Waals surface area contributed by atoms with Crippen LogP contribution in [0.3, 0.4) is 0 Å². The summed E-state index contributed by atoms with van der Waals surface area (Å²) in [6.45, 7) is 3.44. The summed E-state index contributed by atoms with van der Waals surface area (Å²) >= 11 is 0. The Balaban J connectivity index is 2.55. The minimum atomic E-state index is -2.35. The van der Waals surface area contributed by atoms with E-state index in [-0.39, 0.29) is 6.42 Å². The van der Waals surface area contributed by atoms with E-state index < -0.39 is 11.3 Å². The molecule has 0 heterocycles. The van der Waals surface area contributed by atoms with Gasteiger partial charge in [-0.15, -0.1) is 0 Å². The highest BCUT2D eigenvalue weighted by Crippen LogP contribution is 2.62. The minimum Gasteiger partial charge on any atom is -0.206 e. The molecule has 48 valence electrons. The van der Waals surface area contributed by atoms with Crippen molar-refractivity contribution in [3.05, 3.63) is 0 Å². The molecule has 0 aliphatic heterocycles. The fourth-order valence-corrected chi connectivity index (χ4v) is 0.829. The van der Waals surface area contributed by atoms with Crippen molar-refractivity contribution in [2.45, 2.75) is 32.6 Å². The van der Waals surface area contributed by atoms with Crippen LogP contribution >= 0.6 is 0 Å². The summed E-state index contributed by atoms with van der Waals surface area (Å²) in [6.07, 6.45) is 0.691. The zero-order valence-corrected chi connectivity index (χ0v) is 5.17. The van der Waals surface area contributed by atoms with E-state index in [1.54, 1.807) is 13.8 Å². The molecule has 1 fully saturated rings. The van der Waals surface area contributed by atoms with Gasteiger partial charge >= 0.3 is 0 Å². The first-order valence-corrected chi connectivity index (χ1v) is 2.90. The van der Waals surface area contributed by atoms with Gasteiger partial charge in [0, 0.05) is 11.8 Å². The predicted molar refractivity (Wildman–Crippen MR) is 28.0 cm³/mol. The molecule has 1 aliphatic carbocycles. The van der Waals surface area contributed by atoms with Gasteiger partial charge in [0.05, 0.1) is 0 Å². The minimum absolute atomic E-state index is 0.0938. The standard InChI is InChI=1S/C6H10F2/c1-3-5(2)4-6(5,7)8/h3-4H2,1-2H3/t5-/m0/s1. The van der Waals surface area contributed by atoms with Crippen molar-refractivity contribution in [2.24, 2.45) is 5.41 Å². The van der Waals surface area contributed by atoms with Crippen LogP contribution in [-0.2, 0) is 0 Å². The molecule has 0 aromatic rings. The molecule has 1 aliphatic rings. The molecule has 1 saturated carbocycles. The summed E-state index contributed by atoms with van der Waals surface area (Å²) in [4.78, 5) is 0. The van der Waals surface area contributed by atoms with E-state index in [4.69, 9.17) is 0 Å². The average Bonchev–Trinajstić information content (AvgIpc) is 2.10. The highest BCUT2D eigenvalue weighted by molar-refractivity contribution is 5.05. The summed E-state index contributed by atoms with van der Waals surface area (Å²) in [5, 5.41) is 0. The summed E-state index contributed by atoms with van der Waals surface area (Å²) in [5.41, 5.74) is -0.646. The Morgan fingerprint density at radius 3 is 1.88 bits per heavy atom. The largest absolute Gasteiger partial charge is 0.254 e. The zero-order chi connectivity index (χ0) is 6.41. The van der Waals surface area contributed by atoms with Crippen molar-refractivity contribution < 1.29 is 8.78 Å². The van der Waals surface area contributed by atoms with Crippen LogP contribution in [0, 0.1) is 5.41 Å². The molecule has 0 aromatic carbocycles. The van der Waals surface area contributed by atoms with Crippen LogP contribution < -0.4 is 0 Å². The van der Waals surface area contributed by atoms with Crippen molar-refractivity contribution in [2.75, 3.05) is 0 Å². The number of halogens is 2. The van der Waals surface area contributed by atoms with Crippen molar-refractivity contribution in [3.8, 4) is 0 Å². The van der Waals surface area contributed by atoms with Gasteiger partial charge in [0.15, 0.2) is 0 Å². The number of rotatable bonds is 1. The second-order valence-corrected chi connectivity index (χ2v) is 2.80. The molecule has 0 nitrogen and oxygen atoms in total. The van der Waals surface area contributed by atoms with E-state index in [0.29, 0.717) is 6.42 Å². The third kappa shape index (κ3) is 0.550. The first kappa shape index (κ1) is 5.99.